The second-order valence-electron chi connectivity index (χ2n) is 3.75. The minimum atomic E-state index is -1.16. The smallest absolute Gasteiger partial charge is 0.341 e. The van der Waals surface area contributed by atoms with Crippen molar-refractivity contribution in [1.82, 2.24) is 19.3 Å². The molecule has 0 radical (unpaired) electrons. The number of aryl methyl sites for hydroxylation is 2. The summed E-state index contributed by atoms with van der Waals surface area (Å²) in [4.78, 5) is 15.0. The van der Waals surface area contributed by atoms with Crippen molar-refractivity contribution in [1.29, 1.82) is 10.5 Å². The summed E-state index contributed by atoms with van der Waals surface area (Å²) in [6.07, 6.45) is 1.24. The number of hydrogen-bond acceptors (Lipinski definition) is 5. The SMILES string of the molecule is Cc1nn(C)c(-n2cnc(C#N)c2C#N)c1C(=O)O. The minimum absolute atomic E-state index is 0.0204. The first-order valence-electron chi connectivity index (χ1n) is 5.16. The van der Waals surface area contributed by atoms with Gasteiger partial charge in [0.25, 0.3) is 0 Å². The Morgan fingerprint density at radius 2 is 2.11 bits per heavy atom. The van der Waals surface area contributed by atoms with E-state index in [1.165, 1.54) is 15.6 Å². The normalized spacial score (nSPS) is 9.89. The number of imidazole rings is 1. The number of nitriles is 2. The van der Waals surface area contributed by atoms with Gasteiger partial charge in [-0.1, -0.05) is 0 Å². The zero-order valence-electron chi connectivity index (χ0n) is 10.1. The summed E-state index contributed by atoms with van der Waals surface area (Å²) in [5.74, 6) is -0.966. The Balaban J connectivity index is 2.81. The molecule has 2 heterocycles. The number of nitrogens with zero attached hydrogens (tertiary/aromatic N) is 6. The van der Waals surface area contributed by atoms with Crippen molar-refractivity contribution in [2.75, 3.05) is 0 Å². The molecule has 8 nitrogen and oxygen atoms in total. The predicted molar refractivity (Wildman–Crippen MR) is 61.5 cm³/mol. The fraction of sp³-hybridized carbons (Fsp3) is 0.182. The van der Waals surface area contributed by atoms with Gasteiger partial charge in [0, 0.05) is 7.05 Å². The van der Waals surface area contributed by atoms with E-state index in [1.807, 2.05) is 6.07 Å². The van der Waals surface area contributed by atoms with Crippen molar-refractivity contribution < 1.29 is 9.90 Å². The zero-order chi connectivity index (χ0) is 14.2. The van der Waals surface area contributed by atoms with Gasteiger partial charge in [-0.2, -0.15) is 15.6 Å². The van der Waals surface area contributed by atoms with Gasteiger partial charge in [-0.3, -0.25) is 9.25 Å². The van der Waals surface area contributed by atoms with E-state index in [0.717, 1.165) is 0 Å². The first-order chi connectivity index (χ1) is 9.01. The lowest BCUT2D eigenvalue weighted by Gasteiger charge is -2.05. The average Bonchev–Trinajstić information content (AvgIpc) is 2.88. The number of aromatic nitrogens is 4. The number of aromatic carboxylic acids is 1. The molecule has 0 bridgehead atoms. The molecule has 94 valence electrons. The standard InChI is InChI=1S/C11H8N6O2/c1-6-9(11(18)19)10(16(2)15-6)17-5-14-7(3-12)8(17)4-13/h5H,1-2H3,(H,18,19). The molecular weight excluding hydrogens is 248 g/mol. The molecule has 2 aromatic heterocycles. The number of carboxylic acid groups (broad SMARTS) is 1. The van der Waals surface area contributed by atoms with Gasteiger partial charge in [-0.25, -0.2) is 9.78 Å². The molecule has 0 saturated heterocycles. The third kappa shape index (κ3) is 1.72. The number of carbonyl (C=O) groups is 1. The fourth-order valence-electron chi connectivity index (χ4n) is 1.87. The second kappa shape index (κ2) is 4.27. The molecule has 0 amide bonds. The summed E-state index contributed by atoms with van der Waals surface area (Å²) >= 11 is 0. The average molecular weight is 256 g/mol. The summed E-state index contributed by atoms with van der Waals surface area (Å²) in [5, 5.41) is 31.1. The highest BCUT2D eigenvalue weighted by Gasteiger charge is 2.24. The van der Waals surface area contributed by atoms with Crippen LogP contribution >= 0.6 is 0 Å². The van der Waals surface area contributed by atoms with Crippen LogP contribution in [0.1, 0.15) is 27.4 Å². The largest absolute Gasteiger partial charge is 0.477 e. The van der Waals surface area contributed by atoms with Gasteiger partial charge in [0.1, 0.15) is 24.0 Å². The maximum atomic E-state index is 11.3. The van der Waals surface area contributed by atoms with E-state index in [9.17, 15) is 9.90 Å². The van der Waals surface area contributed by atoms with Crippen LogP contribution in [0.25, 0.3) is 5.82 Å². The maximum absolute atomic E-state index is 11.3. The van der Waals surface area contributed by atoms with Crippen LogP contribution in [0.3, 0.4) is 0 Å². The predicted octanol–water partition coefficient (Wildman–Crippen LogP) is 0.356. The summed E-state index contributed by atoms with van der Waals surface area (Å²) in [5.41, 5.74) is 0.215. The van der Waals surface area contributed by atoms with Gasteiger partial charge in [0.05, 0.1) is 5.69 Å². The van der Waals surface area contributed by atoms with Crippen LogP contribution in [-0.4, -0.2) is 30.4 Å². The summed E-state index contributed by atoms with van der Waals surface area (Å²) in [7, 11) is 1.56. The van der Waals surface area contributed by atoms with Gasteiger partial charge in [0.2, 0.25) is 0 Å². The molecule has 0 aliphatic carbocycles. The van der Waals surface area contributed by atoms with Gasteiger partial charge >= 0.3 is 5.97 Å². The monoisotopic (exact) mass is 256 g/mol. The Labute approximate surface area is 107 Å². The maximum Gasteiger partial charge on any atom is 0.341 e. The molecule has 19 heavy (non-hydrogen) atoms. The molecular formula is C11H8N6O2. The van der Waals surface area contributed by atoms with Crippen LogP contribution in [0, 0.1) is 29.6 Å². The van der Waals surface area contributed by atoms with Crippen LogP contribution in [0.5, 0.6) is 0 Å². The van der Waals surface area contributed by atoms with Gasteiger partial charge in [0.15, 0.2) is 17.2 Å². The van der Waals surface area contributed by atoms with Gasteiger partial charge in [-0.05, 0) is 6.92 Å². The first-order valence-corrected chi connectivity index (χ1v) is 5.16. The number of carboxylic acids is 1. The highest BCUT2D eigenvalue weighted by Crippen LogP contribution is 2.20. The Morgan fingerprint density at radius 3 is 2.63 bits per heavy atom. The zero-order valence-corrected chi connectivity index (χ0v) is 10.1. The van der Waals surface area contributed by atoms with Crippen molar-refractivity contribution in [2.45, 2.75) is 6.92 Å². The van der Waals surface area contributed by atoms with Crippen molar-refractivity contribution in [3.8, 4) is 18.0 Å². The minimum Gasteiger partial charge on any atom is -0.477 e. The summed E-state index contributed by atoms with van der Waals surface area (Å²) < 4.78 is 2.59. The first kappa shape index (κ1) is 12.3. The van der Waals surface area contributed by atoms with E-state index in [0.29, 0.717) is 5.69 Å². The van der Waals surface area contributed by atoms with Crippen LogP contribution in [0.2, 0.25) is 0 Å². The molecule has 0 aromatic carbocycles. The fourth-order valence-corrected chi connectivity index (χ4v) is 1.87. The molecule has 8 heteroatoms. The third-order valence-electron chi connectivity index (χ3n) is 2.61. The Bertz CT molecular complexity index is 755. The van der Waals surface area contributed by atoms with E-state index in [4.69, 9.17) is 10.5 Å². The van der Waals surface area contributed by atoms with E-state index < -0.39 is 5.97 Å². The van der Waals surface area contributed by atoms with Crippen molar-refractivity contribution in [3.63, 3.8) is 0 Å². The van der Waals surface area contributed by atoms with Gasteiger partial charge < -0.3 is 5.11 Å². The highest BCUT2D eigenvalue weighted by atomic mass is 16.4. The molecule has 1 N–H and O–H groups in total. The molecule has 0 spiro atoms. The number of rotatable bonds is 2. The molecule has 0 fully saturated rings. The van der Waals surface area contributed by atoms with Crippen LogP contribution in [0.15, 0.2) is 6.33 Å². The van der Waals surface area contributed by atoms with Crippen LogP contribution in [-0.2, 0) is 7.05 Å². The third-order valence-corrected chi connectivity index (χ3v) is 2.61. The molecule has 0 atom stereocenters. The van der Waals surface area contributed by atoms with Crippen molar-refractivity contribution >= 4 is 5.97 Å². The summed E-state index contributed by atoms with van der Waals surface area (Å²) in [6, 6.07) is 3.62. The lowest BCUT2D eigenvalue weighted by Crippen LogP contribution is -2.09. The van der Waals surface area contributed by atoms with Crippen LogP contribution in [0.4, 0.5) is 0 Å². The Hall–Kier alpha value is -3.13. The molecule has 0 aliphatic rings. The second-order valence-corrected chi connectivity index (χ2v) is 3.75. The molecule has 0 saturated carbocycles. The van der Waals surface area contributed by atoms with Crippen molar-refractivity contribution in [2.24, 2.45) is 7.05 Å². The highest BCUT2D eigenvalue weighted by molar-refractivity contribution is 5.92. The molecule has 2 rings (SSSR count). The van der Waals surface area contributed by atoms with E-state index in [1.54, 1.807) is 20.0 Å². The lowest BCUT2D eigenvalue weighted by atomic mass is 10.2. The quantitative estimate of drug-likeness (QED) is 0.827. The van der Waals surface area contributed by atoms with Crippen molar-refractivity contribution in [3.05, 3.63) is 29.0 Å². The number of hydrogen-bond donors (Lipinski definition) is 1. The van der Waals surface area contributed by atoms with Crippen LogP contribution < -0.4 is 0 Å². The molecule has 0 aliphatic heterocycles. The molecule has 2 aromatic rings. The Morgan fingerprint density at radius 1 is 1.42 bits per heavy atom. The lowest BCUT2D eigenvalue weighted by molar-refractivity contribution is 0.0696. The summed E-state index contributed by atoms with van der Waals surface area (Å²) in [6.45, 7) is 1.56. The van der Waals surface area contributed by atoms with E-state index >= 15 is 0 Å². The van der Waals surface area contributed by atoms with E-state index in [-0.39, 0.29) is 22.8 Å². The van der Waals surface area contributed by atoms with Gasteiger partial charge in [-0.15, -0.1) is 0 Å². The van der Waals surface area contributed by atoms with E-state index in [2.05, 4.69) is 10.1 Å². The molecule has 0 unspecified atom stereocenters. The topological polar surface area (TPSA) is 121 Å². The Kier molecular flexibility index (Phi) is 2.77.